The van der Waals surface area contributed by atoms with Gasteiger partial charge in [0.1, 0.15) is 0 Å². The van der Waals surface area contributed by atoms with Gasteiger partial charge in [-0.1, -0.05) is 129 Å². The van der Waals surface area contributed by atoms with Crippen LogP contribution < -0.4 is 5.73 Å². The molecule has 0 bridgehead atoms. The van der Waals surface area contributed by atoms with Gasteiger partial charge in [0.25, 0.3) is 0 Å². The molecule has 3 heteroatoms. The van der Waals surface area contributed by atoms with Gasteiger partial charge in [-0.05, 0) is 19.8 Å². The number of carbonyl (C=O) groups excluding carboxylic acids is 1. The van der Waals surface area contributed by atoms with Crippen LogP contribution in [0.2, 0.25) is 0 Å². The first kappa shape index (κ1) is 29.4. The number of hydrogen-bond donors (Lipinski definition) is 1. The molecular weight excluding hydrogens is 370 g/mol. The maximum absolute atomic E-state index is 12.1. The Morgan fingerprint density at radius 2 is 1.03 bits per heavy atom. The van der Waals surface area contributed by atoms with Crippen LogP contribution in [0.4, 0.5) is 0 Å². The second-order valence-corrected chi connectivity index (χ2v) is 9.68. The number of hydrogen-bond acceptors (Lipinski definition) is 3. The Balaban J connectivity index is 3.45. The fourth-order valence-electron chi connectivity index (χ4n) is 4.52. The molecule has 0 aromatic heterocycles. The lowest BCUT2D eigenvalue weighted by atomic mass is 9.77. The van der Waals surface area contributed by atoms with E-state index in [1.54, 1.807) is 0 Å². The zero-order valence-electron chi connectivity index (χ0n) is 21.1. The van der Waals surface area contributed by atoms with Gasteiger partial charge in [0.2, 0.25) is 0 Å². The first-order chi connectivity index (χ1) is 14.5. The van der Waals surface area contributed by atoms with Crippen LogP contribution in [0.15, 0.2) is 0 Å². The van der Waals surface area contributed by atoms with Gasteiger partial charge < -0.3 is 10.5 Å². The van der Waals surface area contributed by atoms with Gasteiger partial charge in [-0.15, -0.1) is 0 Å². The van der Waals surface area contributed by atoms with Crippen molar-refractivity contribution < 1.29 is 9.53 Å². The molecule has 0 aromatic carbocycles. The molecule has 0 aliphatic heterocycles. The quantitative estimate of drug-likeness (QED) is 0.140. The summed E-state index contributed by atoms with van der Waals surface area (Å²) in [7, 11) is 1.47. The Kier molecular flexibility index (Phi) is 20.0. The zero-order chi connectivity index (χ0) is 22.5. The van der Waals surface area contributed by atoms with Crippen LogP contribution in [0, 0.1) is 5.41 Å². The second kappa shape index (κ2) is 20.3. The van der Waals surface area contributed by atoms with Crippen LogP contribution >= 0.6 is 0 Å². The summed E-state index contributed by atoms with van der Waals surface area (Å²) >= 11 is 0. The summed E-state index contributed by atoms with van der Waals surface area (Å²) in [4.78, 5) is 12.1. The van der Waals surface area contributed by atoms with Crippen molar-refractivity contribution in [1.82, 2.24) is 0 Å². The maximum atomic E-state index is 12.1. The summed E-state index contributed by atoms with van der Waals surface area (Å²) < 4.78 is 5.01. The van der Waals surface area contributed by atoms with E-state index < -0.39 is 5.41 Å². The van der Waals surface area contributed by atoms with Crippen molar-refractivity contribution in [2.45, 2.75) is 155 Å². The van der Waals surface area contributed by atoms with Gasteiger partial charge in [0.05, 0.1) is 12.5 Å². The average molecular weight is 426 g/mol. The molecule has 0 amide bonds. The topological polar surface area (TPSA) is 52.3 Å². The van der Waals surface area contributed by atoms with Gasteiger partial charge >= 0.3 is 5.97 Å². The van der Waals surface area contributed by atoms with E-state index in [9.17, 15) is 4.79 Å². The standard InChI is InChI=1S/C27H55NO2/c1-5-7-8-9-10-11-12-13-14-15-16-17-18-19-20-21-22-23-24-27(3,25(28)6-2)26(29)30-4/h25H,5-24,28H2,1-4H3. The van der Waals surface area contributed by atoms with E-state index in [1.165, 1.54) is 116 Å². The molecule has 0 heterocycles. The monoisotopic (exact) mass is 425 g/mol. The number of rotatable bonds is 22. The highest BCUT2D eigenvalue weighted by Gasteiger charge is 2.38. The highest BCUT2D eigenvalue weighted by atomic mass is 16.5. The van der Waals surface area contributed by atoms with Crippen molar-refractivity contribution >= 4 is 5.97 Å². The third-order valence-electron chi connectivity index (χ3n) is 6.96. The Morgan fingerprint density at radius 1 is 0.700 bits per heavy atom. The zero-order valence-corrected chi connectivity index (χ0v) is 21.1. The van der Waals surface area contributed by atoms with Crippen molar-refractivity contribution in [3.63, 3.8) is 0 Å². The summed E-state index contributed by atoms with van der Waals surface area (Å²) in [6.07, 6.45) is 26.4. The molecular formula is C27H55NO2. The lowest BCUT2D eigenvalue weighted by Gasteiger charge is -2.32. The van der Waals surface area contributed by atoms with Crippen LogP contribution in [0.5, 0.6) is 0 Å². The molecule has 0 aromatic rings. The average Bonchev–Trinajstić information content (AvgIpc) is 2.76. The van der Waals surface area contributed by atoms with Gasteiger partial charge in [0.15, 0.2) is 0 Å². The van der Waals surface area contributed by atoms with Crippen molar-refractivity contribution in [2.24, 2.45) is 11.1 Å². The van der Waals surface area contributed by atoms with E-state index in [-0.39, 0.29) is 12.0 Å². The molecule has 0 spiro atoms. The number of ether oxygens (including phenoxy) is 1. The molecule has 2 unspecified atom stereocenters. The minimum absolute atomic E-state index is 0.115. The SMILES string of the molecule is CCCCCCCCCCCCCCCCCCCCC(C)(C(=O)OC)C(N)CC. The molecule has 0 aliphatic carbocycles. The predicted octanol–water partition coefficient (Wildman–Crippen LogP) is 8.33. The van der Waals surface area contributed by atoms with Gasteiger partial charge in [-0.25, -0.2) is 0 Å². The molecule has 0 rings (SSSR count). The fourth-order valence-corrected chi connectivity index (χ4v) is 4.52. The smallest absolute Gasteiger partial charge is 0.313 e. The van der Waals surface area contributed by atoms with Crippen molar-refractivity contribution in [3.05, 3.63) is 0 Å². The Bertz CT molecular complexity index is 385. The van der Waals surface area contributed by atoms with Gasteiger partial charge in [0, 0.05) is 6.04 Å². The highest BCUT2D eigenvalue weighted by molar-refractivity contribution is 5.77. The Morgan fingerprint density at radius 3 is 1.33 bits per heavy atom. The van der Waals surface area contributed by atoms with Crippen LogP contribution in [0.1, 0.15) is 149 Å². The summed E-state index contributed by atoms with van der Waals surface area (Å²) in [5.74, 6) is -0.149. The summed E-state index contributed by atoms with van der Waals surface area (Å²) in [5, 5.41) is 0. The fraction of sp³-hybridized carbons (Fsp3) is 0.963. The van der Waals surface area contributed by atoms with E-state index in [0.29, 0.717) is 0 Å². The molecule has 0 saturated heterocycles. The van der Waals surface area contributed by atoms with Crippen molar-refractivity contribution in [1.29, 1.82) is 0 Å². The number of methoxy groups -OCH3 is 1. The number of esters is 1. The van der Waals surface area contributed by atoms with Crippen LogP contribution in [-0.2, 0) is 9.53 Å². The third-order valence-corrected chi connectivity index (χ3v) is 6.96. The third kappa shape index (κ3) is 14.4. The number of nitrogens with two attached hydrogens (primary N) is 1. The van der Waals surface area contributed by atoms with E-state index in [2.05, 4.69) is 6.92 Å². The molecule has 30 heavy (non-hydrogen) atoms. The molecule has 2 atom stereocenters. The maximum Gasteiger partial charge on any atom is 0.313 e. The summed E-state index contributed by atoms with van der Waals surface area (Å²) in [6, 6.07) is -0.115. The second-order valence-electron chi connectivity index (χ2n) is 9.68. The van der Waals surface area contributed by atoms with E-state index in [0.717, 1.165) is 19.3 Å². The normalized spacial score (nSPS) is 14.4. The molecule has 3 nitrogen and oxygen atoms in total. The largest absolute Gasteiger partial charge is 0.469 e. The van der Waals surface area contributed by atoms with Gasteiger partial charge in [-0.2, -0.15) is 0 Å². The number of carbonyl (C=O) groups is 1. The molecule has 180 valence electrons. The van der Waals surface area contributed by atoms with Crippen molar-refractivity contribution in [3.8, 4) is 0 Å². The summed E-state index contributed by atoms with van der Waals surface area (Å²) in [6.45, 7) is 6.30. The van der Waals surface area contributed by atoms with Crippen LogP contribution in [-0.4, -0.2) is 19.1 Å². The Labute approximate surface area is 189 Å². The highest BCUT2D eigenvalue weighted by Crippen LogP contribution is 2.31. The molecule has 0 aliphatic rings. The van der Waals surface area contributed by atoms with Crippen LogP contribution in [0.3, 0.4) is 0 Å². The van der Waals surface area contributed by atoms with Crippen LogP contribution in [0.25, 0.3) is 0 Å². The van der Waals surface area contributed by atoms with E-state index in [1.807, 2.05) is 13.8 Å². The van der Waals surface area contributed by atoms with E-state index >= 15 is 0 Å². The minimum atomic E-state index is -0.529. The van der Waals surface area contributed by atoms with Crippen molar-refractivity contribution in [2.75, 3.05) is 7.11 Å². The summed E-state index contributed by atoms with van der Waals surface area (Å²) in [5.41, 5.74) is 5.67. The number of unbranched alkanes of at least 4 members (excludes halogenated alkanes) is 17. The Hall–Kier alpha value is -0.570. The van der Waals surface area contributed by atoms with E-state index in [4.69, 9.17) is 10.5 Å². The molecule has 2 N–H and O–H groups in total. The minimum Gasteiger partial charge on any atom is -0.469 e. The molecule has 0 saturated carbocycles. The predicted molar refractivity (Wildman–Crippen MR) is 132 cm³/mol. The molecule has 0 fully saturated rings. The molecule has 0 radical (unpaired) electrons. The lowest BCUT2D eigenvalue weighted by Crippen LogP contribution is -2.45. The van der Waals surface area contributed by atoms with Gasteiger partial charge in [-0.3, -0.25) is 4.79 Å². The lowest BCUT2D eigenvalue weighted by molar-refractivity contribution is -0.153. The first-order valence-electron chi connectivity index (χ1n) is 13.4. The first-order valence-corrected chi connectivity index (χ1v) is 13.4.